The summed E-state index contributed by atoms with van der Waals surface area (Å²) < 4.78 is 6.28. The van der Waals surface area contributed by atoms with Gasteiger partial charge in [0.2, 0.25) is 0 Å². The van der Waals surface area contributed by atoms with Crippen LogP contribution in [-0.4, -0.2) is 27.1 Å². The van der Waals surface area contributed by atoms with Gasteiger partial charge in [0.1, 0.15) is 14.6 Å². The highest BCUT2D eigenvalue weighted by Crippen LogP contribution is 2.60. The summed E-state index contributed by atoms with van der Waals surface area (Å²) in [4.78, 5) is 27.4. The van der Waals surface area contributed by atoms with Gasteiger partial charge in [-0.3, -0.25) is 14.5 Å². The van der Waals surface area contributed by atoms with E-state index in [1.807, 2.05) is 39.8 Å². The van der Waals surface area contributed by atoms with Gasteiger partial charge in [0.05, 0.1) is 10.8 Å². The van der Waals surface area contributed by atoms with Crippen LogP contribution < -0.4 is 4.74 Å². The third-order valence-corrected chi connectivity index (χ3v) is 7.30. The predicted octanol–water partition coefficient (Wildman–Crippen LogP) is 6.18. The topological polar surface area (TPSA) is 46.6 Å². The van der Waals surface area contributed by atoms with Crippen molar-refractivity contribution in [1.82, 2.24) is 4.90 Å². The van der Waals surface area contributed by atoms with Crippen molar-refractivity contribution in [1.29, 1.82) is 0 Å². The third-order valence-electron chi connectivity index (χ3n) is 5.72. The highest BCUT2D eigenvalue weighted by Gasteiger charge is 2.61. The van der Waals surface area contributed by atoms with E-state index < -0.39 is 0 Å². The first-order valence-electron chi connectivity index (χ1n) is 9.68. The van der Waals surface area contributed by atoms with Gasteiger partial charge in [-0.15, -0.1) is 0 Å². The maximum absolute atomic E-state index is 12.6. The number of hydrogen-bond donors (Lipinski definition) is 0. The summed E-state index contributed by atoms with van der Waals surface area (Å²) in [6.07, 6.45) is 4.33. The molecule has 3 unspecified atom stereocenters. The lowest BCUT2D eigenvalue weighted by Crippen LogP contribution is -2.36. The second-order valence-electron chi connectivity index (χ2n) is 8.08. The highest BCUT2D eigenvalue weighted by molar-refractivity contribution is 8.26. The fraction of sp³-hybridized carbons (Fsp3) is 0.409. The maximum Gasteiger partial charge on any atom is 0.315 e. The molecule has 8 heteroatoms. The second kappa shape index (κ2) is 9.03. The molecular formula is C22H23Cl2NO3S2. The van der Waals surface area contributed by atoms with Crippen LogP contribution in [-0.2, 0) is 9.59 Å². The maximum atomic E-state index is 12.6. The third kappa shape index (κ3) is 4.77. The molecule has 0 N–H and O–H groups in total. The number of halogens is 2. The predicted molar refractivity (Wildman–Crippen MR) is 127 cm³/mol. The quantitative estimate of drug-likeness (QED) is 0.209. The molecule has 0 radical (unpaired) electrons. The van der Waals surface area contributed by atoms with Crippen LogP contribution in [0.15, 0.2) is 39.7 Å². The Hall–Kier alpha value is -1.34. The molecule has 1 heterocycles. The van der Waals surface area contributed by atoms with E-state index in [1.165, 1.54) is 11.8 Å². The zero-order chi connectivity index (χ0) is 22.2. The fourth-order valence-electron chi connectivity index (χ4n) is 3.58. The van der Waals surface area contributed by atoms with Crippen LogP contribution in [0.3, 0.4) is 0 Å². The van der Waals surface area contributed by atoms with Gasteiger partial charge in [-0.25, -0.2) is 0 Å². The number of hydrogen-bond acceptors (Lipinski definition) is 5. The van der Waals surface area contributed by atoms with Crippen molar-refractivity contribution in [2.24, 2.45) is 17.3 Å². The van der Waals surface area contributed by atoms with E-state index in [2.05, 4.69) is 0 Å². The minimum absolute atomic E-state index is 0.0401. The van der Waals surface area contributed by atoms with E-state index in [-0.39, 0.29) is 39.7 Å². The molecule has 1 aromatic rings. The van der Waals surface area contributed by atoms with Crippen LogP contribution in [0.25, 0.3) is 6.08 Å². The number of thiocarbonyl (C=S) groups is 1. The molecule has 2 aliphatic rings. The molecule has 30 heavy (non-hydrogen) atoms. The smallest absolute Gasteiger partial charge is 0.315 e. The van der Waals surface area contributed by atoms with Crippen LogP contribution >= 0.6 is 47.2 Å². The Morgan fingerprint density at radius 1 is 1.33 bits per heavy atom. The highest BCUT2D eigenvalue weighted by atomic mass is 35.5. The van der Waals surface area contributed by atoms with Crippen molar-refractivity contribution in [2.75, 3.05) is 0 Å². The van der Waals surface area contributed by atoms with Gasteiger partial charge in [-0.1, -0.05) is 80.1 Å². The van der Waals surface area contributed by atoms with Gasteiger partial charge >= 0.3 is 5.97 Å². The van der Waals surface area contributed by atoms with E-state index in [1.54, 1.807) is 29.2 Å². The molecule has 3 rings (SSSR count). The molecule has 1 saturated carbocycles. The van der Waals surface area contributed by atoms with Gasteiger partial charge in [-0.2, -0.15) is 0 Å². The Morgan fingerprint density at radius 3 is 2.53 bits per heavy atom. The van der Waals surface area contributed by atoms with Crippen molar-refractivity contribution in [2.45, 2.75) is 40.2 Å². The van der Waals surface area contributed by atoms with Crippen molar-refractivity contribution in [3.8, 4) is 5.75 Å². The van der Waals surface area contributed by atoms with E-state index >= 15 is 0 Å². The summed E-state index contributed by atoms with van der Waals surface area (Å²) in [6.45, 7) is 7.98. The normalized spacial score (nSPS) is 24.7. The van der Waals surface area contributed by atoms with Gasteiger partial charge < -0.3 is 4.74 Å². The molecule has 4 nitrogen and oxygen atoms in total. The first-order chi connectivity index (χ1) is 14.1. The fourth-order valence-corrected chi connectivity index (χ4v) is 5.31. The number of esters is 1. The van der Waals surface area contributed by atoms with Gasteiger partial charge in [-0.05, 0) is 54.5 Å². The Kier molecular flexibility index (Phi) is 7.02. The monoisotopic (exact) mass is 483 g/mol. The number of thioether (sulfide) groups is 1. The summed E-state index contributed by atoms with van der Waals surface area (Å²) in [5.41, 5.74) is 0.595. The number of amides is 1. The van der Waals surface area contributed by atoms with Crippen LogP contribution in [0.5, 0.6) is 5.75 Å². The molecule has 1 amide bonds. The zero-order valence-corrected chi connectivity index (χ0v) is 20.3. The average molecular weight is 484 g/mol. The Bertz CT molecular complexity index is 936. The second-order valence-corrected chi connectivity index (χ2v) is 10.8. The van der Waals surface area contributed by atoms with E-state index in [4.69, 9.17) is 40.2 Å². The number of ether oxygens (including phenoxy) is 1. The first kappa shape index (κ1) is 23.3. The van der Waals surface area contributed by atoms with Crippen molar-refractivity contribution >= 4 is 69.5 Å². The number of benzene rings is 1. The lowest BCUT2D eigenvalue weighted by molar-refractivity contribution is -0.136. The van der Waals surface area contributed by atoms with Gasteiger partial charge in [0.15, 0.2) is 0 Å². The number of allylic oxidation sites excluding steroid dienone is 1. The van der Waals surface area contributed by atoms with E-state index in [0.29, 0.717) is 15.0 Å². The van der Waals surface area contributed by atoms with Crippen LogP contribution in [0.4, 0.5) is 0 Å². The number of nitrogens with zero attached hydrogens (tertiary/aromatic N) is 1. The molecule has 0 spiro atoms. The van der Waals surface area contributed by atoms with E-state index in [9.17, 15) is 9.59 Å². The number of carbonyl (C=O) groups excluding carboxylic acids is 2. The average Bonchev–Trinajstić information content (AvgIpc) is 3.08. The molecular weight excluding hydrogens is 461 g/mol. The molecule has 1 saturated heterocycles. The number of rotatable bonds is 6. The lowest BCUT2D eigenvalue weighted by Gasteiger charge is -2.21. The SMILES string of the molecule is CCC(C)N1C(=O)C(=Cc2ccc(OC(=O)C3C(C=C(Cl)Cl)C3(C)C)cc2)SC1=S. The number of carbonyl (C=O) groups is 2. The Labute approximate surface area is 196 Å². The van der Waals surface area contributed by atoms with Crippen LogP contribution in [0, 0.1) is 17.3 Å². The van der Waals surface area contributed by atoms with Crippen molar-refractivity contribution in [3.63, 3.8) is 0 Å². The lowest BCUT2D eigenvalue weighted by atomic mass is 10.1. The summed E-state index contributed by atoms with van der Waals surface area (Å²) in [7, 11) is 0. The van der Waals surface area contributed by atoms with Crippen LogP contribution in [0.2, 0.25) is 0 Å². The first-order valence-corrected chi connectivity index (χ1v) is 11.7. The minimum Gasteiger partial charge on any atom is -0.426 e. The summed E-state index contributed by atoms with van der Waals surface area (Å²) in [6, 6.07) is 7.12. The van der Waals surface area contributed by atoms with E-state index in [0.717, 1.165) is 12.0 Å². The van der Waals surface area contributed by atoms with Crippen molar-refractivity contribution in [3.05, 3.63) is 45.3 Å². The molecule has 1 aromatic carbocycles. The molecule has 1 aliphatic heterocycles. The summed E-state index contributed by atoms with van der Waals surface area (Å²) in [5.74, 6) is -0.249. The Morgan fingerprint density at radius 2 is 1.97 bits per heavy atom. The van der Waals surface area contributed by atoms with Gasteiger partial charge in [0, 0.05) is 6.04 Å². The molecule has 0 bridgehead atoms. The van der Waals surface area contributed by atoms with Crippen LogP contribution in [0.1, 0.15) is 39.7 Å². The molecule has 3 atom stereocenters. The zero-order valence-electron chi connectivity index (χ0n) is 17.1. The minimum atomic E-state index is -0.307. The largest absolute Gasteiger partial charge is 0.426 e. The summed E-state index contributed by atoms with van der Waals surface area (Å²) >= 11 is 18.2. The molecule has 160 valence electrons. The standard InChI is InChI=1S/C22H23Cl2NO3S2/c1-5-12(2)25-19(26)16(30-21(25)29)10-13-6-8-14(9-7-13)28-20(27)18-15(11-17(23)24)22(18,3)4/h6-12,15,18H,5H2,1-4H3. The summed E-state index contributed by atoms with van der Waals surface area (Å²) in [5, 5.41) is 0. The molecule has 1 aliphatic carbocycles. The Balaban J connectivity index is 1.67. The van der Waals surface area contributed by atoms with Crippen molar-refractivity contribution < 1.29 is 14.3 Å². The van der Waals surface area contributed by atoms with Gasteiger partial charge in [0.25, 0.3) is 5.91 Å². The molecule has 0 aromatic heterocycles. The molecule has 2 fully saturated rings.